The van der Waals surface area contributed by atoms with Crippen LogP contribution in [0.3, 0.4) is 0 Å². The van der Waals surface area contributed by atoms with E-state index in [0.717, 1.165) is 24.7 Å². The normalized spacial score (nSPS) is 16.4. The Morgan fingerprint density at radius 2 is 1.94 bits per heavy atom. The Balaban J connectivity index is 2.26. The fourth-order valence-corrected chi connectivity index (χ4v) is 2.26. The van der Waals surface area contributed by atoms with Crippen molar-refractivity contribution in [3.63, 3.8) is 0 Å². The summed E-state index contributed by atoms with van der Waals surface area (Å²) >= 11 is 0. The zero-order valence-corrected chi connectivity index (χ0v) is 11.1. The highest BCUT2D eigenvalue weighted by Crippen LogP contribution is 2.30. The Labute approximate surface area is 104 Å². The third-order valence-corrected chi connectivity index (χ3v) is 3.40. The molecular weight excluding hydrogens is 212 g/mol. The Morgan fingerprint density at radius 1 is 1.24 bits per heavy atom. The van der Waals surface area contributed by atoms with Crippen LogP contribution in [0.5, 0.6) is 5.75 Å². The van der Waals surface area contributed by atoms with Crippen LogP contribution in [0.4, 0.5) is 5.82 Å². The van der Waals surface area contributed by atoms with Gasteiger partial charge < -0.3 is 9.64 Å². The predicted molar refractivity (Wildman–Crippen MR) is 70.9 cm³/mol. The average Bonchev–Trinajstić information content (AvgIpc) is 2.39. The van der Waals surface area contributed by atoms with E-state index in [1.165, 1.54) is 24.8 Å². The standard InChI is InChI=1S/C14H22N2O/c1-11(2)12-9-13(17-3)14(15-10-12)16-7-5-4-6-8-16/h9-11H,4-8H2,1-3H3. The first-order chi connectivity index (χ1) is 8.22. The van der Waals surface area contributed by atoms with Gasteiger partial charge in [-0.25, -0.2) is 4.98 Å². The molecule has 17 heavy (non-hydrogen) atoms. The third-order valence-electron chi connectivity index (χ3n) is 3.40. The van der Waals surface area contributed by atoms with Crippen LogP contribution in [0.15, 0.2) is 12.3 Å². The first kappa shape index (κ1) is 12.2. The summed E-state index contributed by atoms with van der Waals surface area (Å²) in [5, 5.41) is 0. The van der Waals surface area contributed by atoms with Gasteiger partial charge >= 0.3 is 0 Å². The van der Waals surface area contributed by atoms with E-state index in [4.69, 9.17) is 4.74 Å². The molecule has 0 N–H and O–H groups in total. The molecule has 1 aromatic heterocycles. The van der Waals surface area contributed by atoms with Crippen LogP contribution >= 0.6 is 0 Å². The number of rotatable bonds is 3. The van der Waals surface area contributed by atoms with Crippen molar-refractivity contribution >= 4 is 5.82 Å². The molecule has 0 spiro atoms. The highest BCUT2D eigenvalue weighted by atomic mass is 16.5. The molecule has 2 heterocycles. The molecule has 3 heteroatoms. The van der Waals surface area contributed by atoms with Crippen molar-refractivity contribution in [2.24, 2.45) is 0 Å². The molecule has 1 aliphatic heterocycles. The monoisotopic (exact) mass is 234 g/mol. The van der Waals surface area contributed by atoms with Crippen molar-refractivity contribution in [1.29, 1.82) is 0 Å². The number of aromatic nitrogens is 1. The van der Waals surface area contributed by atoms with Crippen LogP contribution in [0.1, 0.15) is 44.6 Å². The van der Waals surface area contributed by atoms with Crippen LogP contribution in [0.2, 0.25) is 0 Å². The molecule has 1 aromatic rings. The van der Waals surface area contributed by atoms with E-state index in [-0.39, 0.29) is 0 Å². The smallest absolute Gasteiger partial charge is 0.171 e. The lowest BCUT2D eigenvalue weighted by molar-refractivity contribution is 0.409. The largest absolute Gasteiger partial charge is 0.493 e. The Morgan fingerprint density at radius 3 is 2.53 bits per heavy atom. The second-order valence-electron chi connectivity index (χ2n) is 5.00. The number of nitrogens with zero attached hydrogens (tertiary/aromatic N) is 2. The summed E-state index contributed by atoms with van der Waals surface area (Å²) in [6.45, 7) is 6.56. The van der Waals surface area contributed by atoms with E-state index < -0.39 is 0 Å². The molecule has 3 nitrogen and oxygen atoms in total. The molecule has 0 radical (unpaired) electrons. The SMILES string of the molecule is COc1cc(C(C)C)cnc1N1CCCCC1. The highest BCUT2D eigenvalue weighted by molar-refractivity contribution is 5.54. The van der Waals surface area contributed by atoms with Crippen molar-refractivity contribution in [2.45, 2.75) is 39.0 Å². The van der Waals surface area contributed by atoms with Gasteiger partial charge in [0.1, 0.15) is 0 Å². The van der Waals surface area contributed by atoms with E-state index in [9.17, 15) is 0 Å². The van der Waals surface area contributed by atoms with Gasteiger partial charge in [-0.2, -0.15) is 0 Å². The van der Waals surface area contributed by atoms with Crippen molar-refractivity contribution in [2.75, 3.05) is 25.1 Å². The van der Waals surface area contributed by atoms with E-state index in [2.05, 4.69) is 29.8 Å². The lowest BCUT2D eigenvalue weighted by atomic mass is 10.1. The van der Waals surface area contributed by atoms with E-state index in [1.807, 2.05) is 6.20 Å². The number of ether oxygens (including phenoxy) is 1. The maximum absolute atomic E-state index is 5.49. The lowest BCUT2D eigenvalue weighted by Gasteiger charge is -2.29. The highest BCUT2D eigenvalue weighted by Gasteiger charge is 2.17. The number of pyridine rings is 1. The minimum Gasteiger partial charge on any atom is -0.493 e. The molecule has 2 rings (SSSR count). The maximum atomic E-state index is 5.49. The van der Waals surface area contributed by atoms with Gasteiger partial charge in [0, 0.05) is 19.3 Å². The summed E-state index contributed by atoms with van der Waals surface area (Å²) in [6.07, 6.45) is 5.84. The van der Waals surface area contributed by atoms with Crippen molar-refractivity contribution in [1.82, 2.24) is 4.98 Å². The molecule has 0 unspecified atom stereocenters. The fourth-order valence-electron chi connectivity index (χ4n) is 2.26. The minimum absolute atomic E-state index is 0.492. The van der Waals surface area contributed by atoms with Gasteiger partial charge in [-0.1, -0.05) is 13.8 Å². The third kappa shape index (κ3) is 2.71. The summed E-state index contributed by atoms with van der Waals surface area (Å²) in [5.74, 6) is 2.42. The molecule has 0 saturated carbocycles. The Kier molecular flexibility index (Phi) is 3.87. The molecular formula is C14H22N2O. The maximum Gasteiger partial charge on any atom is 0.171 e. The van der Waals surface area contributed by atoms with Crippen LogP contribution in [-0.2, 0) is 0 Å². The van der Waals surface area contributed by atoms with Crippen LogP contribution in [0.25, 0.3) is 0 Å². The molecule has 0 amide bonds. The summed E-state index contributed by atoms with van der Waals surface area (Å²) in [6, 6.07) is 2.13. The van der Waals surface area contributed by atoms with Gasteiger partial charge in [-0.15, -0.1) is 0 Å². The van der Waals surface area contributed by atoms with Gasteiger partial charge in [0.2, 0.25) is 0 Å². The topological polar surface area (TPSA) is 25.4 Å². The lowest BCUT2D eigenvalue weighted by Crippen LogP contribution is -2.30. The number of piperidine rings is 1. The van der Waals surface area contributed by atoms with Crippen LogP contribution < -0.4 is 9.64 Å². The fraction of sp³-hybridized carbons (Fsp3) is 0.643. The van der Waals surface area contributed by atoms with E-state index in [0.29, 0.717) is 5.92 Å². The van der Waals surface area contributed by atoms with Crippen molar-refractivity contribution in [3.05, 3.63) is 17.8 Å². The summed E-state index contributed by atoms with van der Waals surface area (Å²) in [4.78, 5) is 6.94. The molecule has 1 aliphatic rings. The second-order valence-corrected chi connectivity index (χ2v) is 5.00. The minimum atomic E-state index is 0.492. The summed E-state index contributed by atoms with van der Waals surface area (Å²) < 4.78 is 5.49. The molecule has 0 bridgehead atoms. The number of hydrogen-bond donors (Lipinski definition) is 0. The van der Waals surface area contributed by atoms with Gasteiger partial charge in [0.05, 0.1) is 7.11 Å². The van der Waals surface area contributed by atoms with Gasteiger partial charge in [0.25, 0.3) is 0 Å². The molecule has 0 aromatic carbocycles. The number of methoxy groups -OCH3 is 1. The quantitative estimate of drug-likeness (QED) is 0.803. The summed E-state index contributed by atoms with van der Waals surface area (Å²) in [7, 11) is 1.73. The zero-order chi connectivity index (χ0) is 12.3. The second kappa shape index (κ2) is 5.39. The number of anilines is 1. The molecule has 1 fully saturated rings. The Bertz CT molecular complexity index is 370. The van der Waals surface area contributed by atoms with Crippen molar-refractivity contribution < 1.29 is 4.74 Å². The number of hydrogen-bond acceptors (Lipinski definition) is 3. The van der Waals surface area contributed by atoms with Crippen LogP contribution in [-0.4, -0.2) is 25.2 Å². The zero-order valence-electron chi connectivity index (χ0n) is 11.1. The molecule has 0 atom stereocenters. The first-order valence-electron chi connectivity index (χ1n) is 6.51. The average molecular weight is 234 g/mol. The first-order valence-corrected chi connectivity index (χ1v) is 6.51. The molecule has 1 saturated heterocycles. The van der Waals surface area contributed by atoms with Crippen LogP contribution in [0, 0.1) is 0 Å². The van der Waals surface area contributed by atoms with Gasteiger partial charge in [-0.05, 0) is 36.8 Å². The molecule has 0 aliphatic carbocycles. The predicted octanol–water partition coefficient (Wildman–Crippen LogP) is 3.20. The Hall–Kier alpha value is -1.25. The van der Waals surface area contributed by atoms with Gasteiger partial charge in [-0.3, -0.25) is 0 Å². The molecule has 94 valence electrons. The van der Waals surface area contributed by atoms with E-state index in [1.54, 1.807) is 7.11 Å². The van der Waals surface area contributed by atoms with E-state index >= 15 is 0 Å². The van der Waals surface area contributed by atoms with Crippen molar-refractivity contribution in [3.8, 4) is 5.75 Å². The summed E-state index contributed by atoms with van der Waals surface area (Å²) in [5.41, 5.74) is 1.24. The van der Waals surface area contributed by atoms with Gasteiger partial charge in [0.15, 0.2) is 11.6 Å².